The van der Waals surface area contributed by atoms with Gasteiger partial charge in [0.05, 0.1) is 16.0 Å². The van der Waals surface area contributed by atoms with E-state index in [-0.39, 0.29) is 16.1 Å². The van der Waals surface area contributed by atoms with Gasteiger partial charge in [-0.2, -0.15) is 17.5 Å². The molecule has 0 aliphatic carbocycles. The highest BCUT2D eigenvalue weighted by Crippen LogP contribution is 2.29. The number of benzene rings is 2. The van der Waals surface area contributed by atoms with E-state index in [9.17, 15) is 31.2 Å². The van der Waals surface area contributed by atoms with Crippen LogP contribution in [0.1, 0.15) is 28.8 Å². The van der Waals surface area contributed by atoms with E-state index in [1.165, 1.54) is 28.6 Å². The van der Waals surface area contributed by atoms with E-state index in [1.54, 1.807) is 0 Å². The first-order valence-electron chi connectivity index (χ1n) is 9.32. The van der Waals surface area contributed by atoms with Crippen LogP contribution >= 0.6 is 0 Å². The lowest BCUT2D eigenvalue weighted by molar-refractivity contribution is -0.137. The van der Waals surface area contributed by atoms with E-state index >= 15 is 0 Å². The quantitative estimate of drug-likeness (QED) is 0.674. The number of sulfonamides is 1. The van der Waals surface area contributed by atoms with Crippen LogP contribution < -0.4 is 5.32 Å². The van der Waals surface area contributed by atoms with Crippen molar-refractivity contribution in [2.75, 3.05) is 25.0 Å². The first-order valence-corrected chi connectivity index (χ1v) is 10.8. The van der Waals surface area contributed by atoms with E-state index in [1.807, 2.05) is 0 Å². The SMILES string of the molecule is O=C(COC(=O)c1cccc(S(=O)(=O)N2CCCC2)c1)Nc1ccc(C(F)(F)F)cc1. The minimum Gasteiger partial charge on any atom is -0.452 e. The van der Waals surface area contributed by atoms with Crippen LogP contribution in [0.5, 0.6) is 0 Å². The average Bonchev–Trinajstić information content (AvgIpc) is 3.28. The molecule has 0 radical (unpaired) electrons. The minimum absolute atomic E-state index is 0.0393. The Labute approximate surface area is 176 Å². The maximum atomic E-state index is 12.6. The third-order valence-corrected chi connectivity index (χ3v) is 6.50. The number of hydrogen-bond acceptors (Lipinski definition) is 5. The van der Waals surface area contributed by atoms with Gasteiger partial charge in [-0.1, -0.05) is 6.07 Å². The number of ether oxygens (including phenoxy) is 1. The summed E-state index contributed by atoms with van der Waals surface area (Å²) >= 11 is 0. The molecular weight excluding hydrogens is 437 g/mol. The monoisotopic (exact) mass is 456 g/mol. The number of halogens is 3. The van der Waals surface area contributed by atoms with Gasteiger partial charge in [0.1, 0.15) is 0 Å². The van der Waals surface area contributed by atoms with Gasteiger partial charge in [0.2, 0.25) is 10.0 Å². The third kappa shape index (κ3) is 5.61. The fourth-order valence-electron chi connectivity index (χ4n) is 3.02. The normalized spacial score (nSPS) is 14.9. The standard InChI is InChI=1S/C20H19F3N2O5S/c21-20(22,23)15-6-8-16(9-7-15)24-18(26)13-30-19(27)14-4-3-5-17(12-14)31(28,29)25-10-1-2-11-25/h3-9,12H,1-2,10-11,13H2,(H,24,26). The Morgan fingerprint density at radius 1 is 1.03 bits per heavy atom. The molecule has 31 heavy (non-hydrogen) atoms. The summed E-state index contributed by atoms with van der Waals surface area (Å²) in [6.45, 7) is 0.144. The van der Waals surface area contributed by atoms with Gasteiger partial charge < -0.3 is 10.1 Å². The molecule has 3 rings (SSSR count). The summed E-state index contributed by atoms with van der Waals surface area (Å²) in [5, 5.41) is 2.31. The maximum Gasteiger partial charge on any atom is 0.416 e. The maximum absolute atomic E-state index is 12.6. The molecular formula is C20H19F3N2O5S. The summed E-state index contributed by atoms with van der Waals surface area (Å²) in [4.78, 5) is 24.1. The van der Waals surface area contributed by atoms with Gasteiger partial charge in [-0.15, -0.1) is 0 Å². The van der Waals surface area contributed by atoms with Crippen LogP contribution in [0.4, 0.5) is 18.9 Å². The van der Waals surface area contributed by atoms with Crippen LogP contribution in [-0.4, -0.2) is 44.3 Å². The lowest BCUT2D eigenvalue weighted by atomic mass is 10.2. The highest BCUT2D eigenvalue weighted by Gasteiger charge is 2.30. The fraction of sp³-hybridized carbons (Fsp3) is 0.300. The van der Waals surface area contributed by atoms with Gasteiger partial charge in [-0.3, -0.25) is 4.79 Å². The van der Waals surface area contributed by atoms with Crippen molar-refractivity contribution in [2.45, 2.75) is 23.9 Å². The van der Waals surface area contributed by atoms with E-state index in [0.717, 1.165) is 37.1 Å². The Kier molecular flexibility index (Phi) is 6.65. The average molecular weight is 456 g/mol. The molecule has 0 unspecified atom stereocenters. The Morgan fingerprint density at radius 2 is 1.68 bits per heavy atom. The summed E-state index contributed by atoms with van der Waals surface area (Å²) in [5.41, 5.74) is -0.795. The smallest absolute Gasteiger partial charge is 0.416 e. The van der Waals surface area contributed by atoms with Crippen LogP contribution in [0, 0.1) is 0 Å². The second-order valence-electron chi connectivity index (χ2n) is 6.84. The van der Waals surface area contributed by atoms with Crippen LogP contribution in [0.2, 0.25) is 0 Å². The topological polar surface area (TPSA) is 92.8 Å². The molecule has 1 aliphatic heterocycles. The van der Waals surface area contributed by atoms with Crippen molar-refractivity contribution in [1.29, 1.82) is 0 Å². The molecule has 1 aliphatic rings. The number of anilines is 1. The van der Waals surface area contributed by atoms with E-state index in [2.05, 4.69) is 5.32 Å². The number of hydrogen-bond donors (Lipinski definition) is 1. The van der Waals surface area contributed by atoms with Gasteiger partial charge in [-0.25, -0.2) is 13.2 Å². The van der Waals surface area contributed by atoms with E-state index < -0.39 is 40.2 Å². The highest BCUT2D eigenvalue weighted by atomic mass is 32.2. The molecule has 11 heteroatoms. The predicted octanol–water partition coefficient (Wildman–Crippen LogP) is 3.29. The molecule has 2 aromatic rings. The predicted molar refractivity (Wildman–Crippen MR) is 105 cm³/mol. The number of esters is 1. The molecule has 1 heterocycles. The van der Waals surface area contributed by atoms with Crippen LogP contribution in [0.3, 0.4) is 0 Å². The number of nitrogens with one attached hydrogen (secondary N) is 1. The summed E-state index contributed by atoms with van der Waals surface area (Å²) in [6.07, 6.45) is -2.95. The van der Waals surface area contributed by atoms with Crippen molar-refractivity contribution in [2.24, 2.45) is 0 Å². The zero-order chi connectivity index (χ0) is 22.6. The molecule has 0 atom stereocenters. The molecule has 1 N–H and O–H groups in total. The second kappa shape index (κ2) is 9.06. The van der Waals surface area contributed by atoms with Crippen molar-refractivity contribution in [1.82, 2.24) is 4.31 Å². The molecule has 0 aromatic heterocycles. The van der Waals surface area contributed by atoms with E-state index in [0.29, 0.717) is 13.1 Å². The number of carbonyl (C=O) groups is 2. The lowest BCUT2D eigenvalue weighted by Crippen LogP contribution is -2.28. The highest BCUT2D eigenvalue weighted by molar-refractivity contribution is 7.89. The second-order valence-corrected chi connectivity index (χ2v) is 8.78. The Hall–Kier alpha value is -2.92. The zero-order valence-corrected chi connectivity index (χ0v) is 17.0. The van der Waals surface area contributed by atoms with Gasteiger partial charge in [-0.05, 0) is 55.3 Å². The van der Waals surface area contributed by atoms with Gasteiger partial charge in [0.25, 0.3) is 5.91 Å². The first kappa shape index (κ1) is 22.8. The van der Waals surface area contributed by atoms with Gasteiger partial charge >= 0.3 is 12.1 Å². The fourth-order valence-corrected chi connectivity index (χ4v) is 4.58. The molecule has 1 saturated heterocycles. The number of carbonyl (C=O) groups excluding carboxylic acids is 2. The molecule has 7 nitrogen and oxygen atoms in total. The number of nitrogens with zero attached hydrogens (tertiary/aromatic N) is 1. The number of amides is 1. The molecule has 2 aromatic carbocycles. The van der Waals surface area contributed by atoms with Crippen LogP contribution in [0.25, 0.3) is 0 Å². The Bertz CT molecular complexity index is 1060. The van der Waals surface area contributed by atoms with E-state index in [4.69, 9.17) is 4.74 Å². The molecule has 1 amide bonds. The van der Waals surface area contributed by atoms with Crippen molar-refractivity contribution >= 4 is 27.6 Å². The van der Waals surface area contributed by atoms with Gasteiger partial charge in [0.15, 0.2) is 6.61 Å². The summed E-state index contributed by atoms with van der Waals surface area (Å²) in [7, 11) is -3.71. The van der Waals surface area contributed by atoms with Crippen molar-refractivity contribution < 1.29 is 35.9 Å². The first-order chi connectivity index (χ1) is 14.6. The summed E-state index contributed by atoms with van der Waals surface area (Å²) < 4.78 is 69.1. The van der Waals surface area contributed by atoms with Gasteiger partial charge in [0, 0.05) is 18.8 Å². The zero-order valence-electron chi connectivity index (χ0n) is 16.2. The van der Waals surface area contributed by atoms with Crippen LogP contribution in [0.15, 0.2) is 53.4 Å². The minimum atomic E-state index is -4.49. The lowest BCUT2D eigenvalue weighted by Gasteiger charge is -2.15. The molecule has 166 valence electrons. The molecule has 1 fully saturated rings. The molecule has 0 saturated carbocycles. The molecule has 0 bridgehead atoms. The van der Waals surface area contributed by atoms with Crippen molar-refractivity contribution in [3.8, 4) is 0 Å². The third-order valence-electron chi connectivity index (χ3n) is 4.60. The number of alkyl halides is 3. The van der Waals surface area contributed by atoms with Crippen molar-refractivity contribution in [3.63, 3.8) is 0 Å². The summed E-state index contributed by atoms with van der Waals surface area (Å²) in [6, 6.07) is 9.11. The van der Waals surface area contributed by atoms with Crippen LogP contribution in [-0.2, 0) is 25.7 Å². The Balaban J connectivity index is 1.59. The summed E-state index contributed by atoms with van der Waals surface area (Å²) in [5.74, 6) is -1.66. The Morgan fingerprint density at radius 3 is 2.29 bits per heavy atom. The largest absolute Gasteiger partial charge is 0.452 e. The number of rotatable bonds is 6. The van der Waals surface area contributed by atoms with Crippen molar-refractivity contribution in [3.05, 3.63) is 59.7 Å². The molecule has 0 spiro atoms.